The van der Waals surface area contributed by atoms with Crippen LogP contribution in [0.5, 0.6) is 0 Å². The van der Waals surface area contributed by atoms with Gasteiger partial charge in [0.2, 0.25) is 5.91 Å². The molecule has 86 valence electrons. The molecule has 1 aliphatic rings. The Kier molecular flexibility index (Phi) is 2.16. The van der Waals surface area contributed by atoms with E-state index in [1.54, 1.807) is 17.5 Å². The number of aromatic nitrogens is 1. The molecule has 1 aromatic carbocycles. The number of thiazole rings is 1. The number of nitrogen functional groups attached to an aromatic ring is 1. The summed E-state index contributed by atoms with van der Waals surface area (Å²) >= 11 is 1.42. The number of rotatable bonds is 1. The van der Waals surface area contributed by atoms with Crippen LogP contribution in [0.1, 0.15) is 5.56 Å². The number of anilines is 2. The highest BCUT2D eigenvalue weighted by atomic mass is 32.1. The third kappa shape index (κ3) is 1.51. The van der Waals surface area contributed by atoms with Gasteiger partial charge in [-0.25, -0.2) is 4.98 Å². The molecule has 4 nitrogen and oxygen atoms in total. The fourth-order valence-corrected chi connectivity index (χ4v) is 2.64. The van der Waals surface area contributed by atoms with E-state index in [9.17, 15) is 4.79 Å². The minimum absolute atomic E-state index is 0.128. The van der Waals surface area contributed by atoms with Crippen LogP contribution in [-0.4, -0.2) is 17.9 Å². The molecule has 2 N–H and O–H groups in total. The van der Waals surface area contributed by atoms with Crippen molar-refractivity contribution < 1.29 is 4.79 Å². The number of benzene rings is 1. The first-order chi connectivity index (χ1) is 8.16. The first-order valence-electron chi connectivity index (χ1n) is 5.25. The van der Waals surface area contributed by atoms with E-state index in [4.69, 9.17) is 5.73 Å². The van der Waals surface area contributed by atoms with Crippen LogP contribution in [0.25, 0.3) is 11.3 Å². The lowest BCUT2D eigenvalue weighted by Gasteiger charge is -2.10. The number of likely N-dealkylation sites (N-methyl/N-ethyl adjacent to an activating group) is 1. The first-order valence-corrected chi connectivity index (χ1v) is 6.13. The minimum Gasteiger partial charge on any atom is -0.389 e. The van der Waals surface area contributed by atoms with Gasteiger partial charge in [-0.1, -0.05) is 6.07 Å². The fraction of sp³-hybridized carbons (Fsp3) is 0.167. The van der Waals surface area contributed by atoms with Gasteiger partial charge in [0, 0.05) is 18.3 Å². The van der Waals surface area contributed by atoms with Gasteiger partial charge in [-0.15, -0.1) is 11.3 Å². The maximum absolute atomic E-state index is 11.6. The van der Waals surface area contributed by atoms with Crippen LogP contribution in [0.3, 0.4) is 0 Å². The Labute approximate surface area is 103 Å². The molecule has 1 amide bonds. The van der Waals surface area contributed by atoms with E-state index >= 15 is 0 Å². The molecule has 1 aliphatic heterocycles. The van der Waals surface area contributed by atoms with E-state index in [2.05, 4.69) is 4.98 Å². The zero-order chi connectivity index (χ0) is 12.0. The van der Waals surface area contributed by atoms with Gasteiger partial charge in [0.1, 0.15) is 10.7 Å². The van der Waals surface area contributed by atoms with Gasteiger partial charge in [0.15, 0.2) is 0 Å². The van der Waals surface area contributed by atoms with Gasteiger partial charge < -0.3 is 10.6 Å². The second-order valence-electron chi connectivity index (χ2n) is 4.04. The summed E-state index contributed by atoms with van der Waals surface area (Å²) in [6.45, 7) is 0. The number of nitrogens with two attached hydrogens (primary N) is 1. The Hall–Kier alpha value is -1.88. The third-order valence-corrected chi connectivity index (χ3v) is 3.68. The summed E-state index contributed by atoms with van der Waals surface area (Å²) in [7, 11) is 1.80. The summed E-state index contributed by atoms with van der Waals surface area (Å²) in [5.74, 6) is 0.128. The van der Waals surface area contributed by atoms with Gasteiger partial charge in [-0.05, 0) is 17.7 Å². The highest BCUT2D eigenvalue weighted by Gasteiger charge is 2.24. The number of amides is 1. The Morgan fingerprint density at radius 1 is 1.47 bits per heavy atom. The van der Waals surface area contributed by atoms with Crippen LogP contribution in [0, 0.1) is 0 Å². The highest BCUT2D eigenvalue weighted by molar-refractivity contribution is 7.14. The Morgan fingerprint density at radius 3 is 3.00 bits per heavy atom. The van der Waals surface area contributed by atoms with Gasteiger partial charge in [0.05, 0.1) is 11.9 Å². The lowest BCUT2D eigenvalue weighted by Crippen LogP contribution is -2.20. The van der Waals surface area contributed by atoms with Crippen molar-refractivity contribution >= 4 is 27.9 Å². The van der Waals surface area contributed by atoms with Crippen molar-refractivity contribution in [1.82, 2.24) is 4.98 Å². The van der Waals surface area contributed by atoms with E-state index in [-0.39, 0.29) is 5.91 Å². The second kappa shape index (κ2) is 3.56. The van der Waals surface area contributed by atoms with Crippen molar-refractivity contribution in [3.8, 4) is 11.3 Å². The number of hydrogen-bond donors (Lipinski definition) is 1. The van der Waals surface area contributed by atoms with Crippen LogP contribution in [0.15, 0.2) is 23.7 Å². The number of fused-ring (bicyclic) bond motifs is 1. The van der Waals surface area contributed by atoms with Gasteiger partial charge in [-0.2, -0.15) is 0 Å². The quantitative estimate of drug-likeness (QED) is 0.835. The first kappa shape index (κ1) is 10.3. The molecule has 0 aliphatic carbocycles. The number of carbonyl (C=O) groups is 1. The van der Waals surface area contributed by atoms with E-state index in [0.717, 1.165) is 22.5 Å². The molecule has 2 heterocycles. The molecular weight excluding hydrogens is 234 g/mol. The Balaban J connectivity index is 2.10. The standard InChI is InChI=1S/C12H11N3OS/c1-15-9-3-2-7(4-8(9)5-10(15)16)11-12(13)17-6-14-11/h2-4,6H,5,13H2,1H3. The van der Waals surface area contributed by atoms with E-state index < -0.39 is 0 Å². The lowest BCUT2D eigenvalue weighted by atomic mass is 10.1. The summed E-state index contributed by atoms with van der Waals surface area (Å²) in [5.41, 5.74) is 11.4. The van der Waals surface area contributed by atoms with Crippen molar-refractivity contribution in [2.45, 2.75) is 6.42 Å². The number of hydrogen-bond acceptors (Lipinski definition) is 4. The van der Waals surface area contributed by atoms with E-state index in [0.29, 0.717) is 11.4 Å². The van der Waals surface area contributed by atoms with E-state index in [1.165, 1.54) is 11.3 Å². The molecule has 0 saturated carbocycles. The molecule has 1 aromatic heterocycles. The van der Waals surface area contributed by atoms with Gasteiger partial charge in [-0.3, -0.25) is 4.79 Å². The summed E-state index contributed by atoms with van der Waals surface area (Å²) in [5, 5.41) is 0.711. The third-order valence-electron chi connectivity index (χ3n) is 3.02. The fourth-order valence-electron chi connectivity index (χ4n) is 2.09. The molecule has 0 saturated heterocycles. The predicted molar refractivity (Wildman–Crippen MR) is 69.1 cm³/mol. The molecule has 0 atom stereocenters. The van der Waals surface area contributed by atoms with Crippen molar-refractivity contribution in [3.63, 3.8) is 0 Å². The molecule has 2 aromatic rings. The van der Waals surface area contributed by atoms with Crippen LogP contribution in [-0.2, 0) is 11.2 Å². The summed E-state index contributed by atoms with van der Waals surface area (Å²) in [6.07, 6.45) is 0.462. The maximum atomic E-state index is 11.6. The molecule has 0 fully saturated rings. The van der Waals surface area contributed by atoms with Crippen LogP contribution < -0.4 is 10.6 Å². The van der Waals surface area contributed by atoms with E-state index in [1.807, 2.05) is 18.2 Å². The maximum Gasteiger partial charge on any atom is 0.231 e. The number of nitrogens with zero attached hydrogens (tertiary/aromatic N) is 2. The minimum atomic E-state index is 0.128. The zero-order valence-corrected chi connectivity index (χ0v) is 10.1. The van der Waals surface area contributed by atoms with Crippen LogP contribution >= 0.6 is 11.3 Å². The average molecular weight is 245 g/mol. The Bertz CT molecular complexity index is 606. The van der Waals surface area contributed by atoms with Crippen LogP contribution in [0.4, 0.5) is 10.7 Å². The summed E-state index contributed by atoms with van der Waals surface area (Å²) in [4.78, 5) is 17.5. The molecule has 0 unspecified atom stereocenters. The SMILES string of the molecule is CN1C(=O)Cc2cc(-c3ncsc3N)ccc21. The normalized spacial score (nSPS) is 14.2. The molecule has 0 bridgehead atoms. The van der Waals surface area contributed by atoms with Crippen LogP contribution in [0.2, 0.25) is 0 Å². The molecule has 3 rings (SSSR count). The molecule has 0 radical (unpaired) electrons. The molecule has 5 heteroatoms. The number of carbonyl (C=O) groups excluding carboxylic acids is 1. The molecular formula is C12H11N3OS. The molecule has 17 heavy (non-hydrogen) atoms. The van der Waals surface area contributed by atoms with Crippen molar-refractivity contribution in [2.24, 2.45) is 0 Å². The Morgan fingerprint density at radius 2 is 2.29 bits per heavy atom. The van der Waals surface area contributed by atoms with Crippen molar-refractivity contribution in [3.05, 3.63) is 29.3 Å². The van der Waals surface area contributed by atoms with Crippen molar-refractivity contribution in [2.75, 3.05) is 17.7 Å². The topological polar surface area (TPSA) is 59.2 Å². The van der Waals surface area contributed by atoms with Gasteiger partial charge in [0.25, 0.3) is 0 Å². The summed E-state index contributed by atoms with van der Waals surface area (Å²) in [6, 6.07) is 5.91. The average Bonchev–Trinajstić information content (AvgIpc) is 2.84. The summed E-state index contributed by atoms with van der Waals surface area (Å²) < 4.78 is 0. The molecule has 0 spiro atoms. The largest absolute Gasteiger partial charge is 0.389 e. The lowest BCUT2D eigenvalue weighted by molar-refractivity contribution is -0.117. The smallest absolute Gasteiger partial charge is 0.231 e. The zero-order valence-electron chi connectivity index (χ0n) is 9.30. The highest BCUT2D eigenvalue weighted by Crippen LogP contribution is 2.34. The monoisotopic (exact) mass is 245 g/mol. The van der Waals surface area contributed by atoms with Gasteiger partial charge >= 0.3 is 0 Å². The second-order valence-corrected chi connectivity index (χ2v) is 4.92. The predicted octanol–water partition coefficient (Wildman–Crippen LogP) is 1.91. The van der Waals surface area contributed by atoms with Crippen molar-refractivity contribution in [1.29, 1.82) is 0 Å².